The lowest BCUT2D eigenvalue weighted by atomic mass is 9.72. The average Bonchev–Trinajstić information content (AvgIpc) is 2.58. The Labute approximate surface area is 176 Å². The van der Waals surface area contributed by atoms with Crippen molar-refractivity contribution in [1.29, 1.82) is 0 Å². The second-order valence-corrected chi connectivity index (χ2v) is 10.9. The predicted octanol–water partition coefficient (Wildman–Crippen LogP) is 5.90. The standard InChI is InChI=1S/C26H37NO2/c1-15(2)23-22(24(29)17-9-11-18(12-10-17)25(4,5)6)16(3)21-19(27-23)13-26(7,8)14-20(21)28/h9-12,15,20,24,28-29H,13-14H2,1-8H3/t20-,24-/m0/s1. The Kier molecular flexibility index (Phi) is 5.70. The normalized spacial score (nSPS) is 19.9. The Balaban J connectivity index is 2.12. The van der Waals surface area contributed by atoms with E-state index in [2.05, 4.69) is 60.6 Å². The van der Waals surface area contributed by atoms with Gasteiger partial charge in [-0.1, -0.05) is 72.7 Å². The maximum Gasteiger partial charge on any atom is 0.106 e. The molecular formula is C26H37NO2. The first kappa shape index (κ1) is 22.0. The Morgan fingerprint density at radius 1 is 1.10 bits per heavy atom. The van der Waals surface area contributed by atoms with Gasteiger partial charge >= 0.3 is 0 Å². The largest absolute Gasteiger partial charge is 0.388 e. The lowest BCUT2D eigenvalue weighted by Gasteiger charge is -2.36. The Morgan fingerprint density at radius 3 is 2.21 bits per heavy atom. The van der Waals surface area contributed by atoms with Crippen LogP contribution >= 0.6 is 0 Å². The monoisotopic (exact) mass is 395 g/mol. The minimum atomic E-state index is -0.749. The van der Waals surface area contributed by atoms with Crippen molar-refractivity contribution < 1.29 is 10.2 Å². The van der Waals surface area contributed by atoms with Crippen LogP contribution in [0.5, 0.6) is 0 Å². The lowest BCUT2D eigenvalue weighted by molar-refractivity contribution is 0.0968. The summed E-state index contributed by atoms with van der Waals surface area (Å²) in [5, 5.41) is 22.3. The molecule has 0 spiro atoms. The van der Waals surface area contributed by atoms with Crippen molar-refractivity contribution in [3.63, 3.8) is 0 Å². The van der Waals surface area contributed by atoms with Gasteiger partial charge in [-0.25, -0.2) is 0 Å². The fourth-order valence-electron chi connectivity index (χ4n) is 4.66. The van der Waals surface area contributed by atoms with Crippen LogP contribution in [0.3, 0.4) is 0 Å². The molecule has 1 aliphatic carbocycles. The number of hydrogen-bond donors (Lipinski definition) is 2. The van der Waals surface area contributed by atoms with E-state index in [1.165, 1.54) is 5.56 Å². The number of nitrogens with zero attached hydrogens (tertiary/aromatic N) is 1. The first-order valence-corrected chi connectivity index (χ1v) is 10.8. The van der Waals surface area contributed by atoms with E-state index in [0.29, 0.717) is 0 Å². The molecule has 158 valence electrons. The van der Waals surface area contributed by atoms with Crippen LogP contribution in [0.2, 0.25) is 0 Å². The van der Waals surface area contributed by atoms with Gasteiger partial charge in [0.15, 0.2) is 0 Å². The van der Waals surface area contributed by atoms with Crippen molar-refractivity contribution in [2.75, 3.05) is 0 Å². The van der Waals surface area contributed by atoms with Gasteiger partial charge in [0, 0.05) is 22.5 Å². The molecule has 1 aromatic carbocycles. The van der Waals surface area contributed by atoms with Crippen molar-refractivity contribution >= 4 is 0 Å². The van der Waals surface area contributed by atoms with Crippen molar-refractivity contribution in [2.24, 2.45) is 5.41 Å². The molecule has 0 aliphatic heterocycles. The molecule has 2 atom stereocenters. The zero-order valence-electron chi connectivity index (χ0n) is 19.3. The molecule has 1 heterocycles. The minimum absolute atomic E-state index is 0.0308. The van der Waals surface area contributed by atoms with Crippen molar-refractivity contribution in [1.82, 2.24) is 4.98 Å². The van der Waals surface area contributed by atoms with Gasteiger partial charge in [-0.05, 0) is 53.2 Å². The van der Waals surface area contributed by atoms with Gasteiger partial charge in [-0.2, -0.15) is 0 Å². The Hall–Kier alpha value is -1.71. The van der Waals surface area contributed by atoms with E-state index in [1.807, 2.05) is 19.1 Å². The molecule has 2 aromatic rings. The van der Waals surface area contributed by atoms with E-state index in [0.717, 1.165) is 46.5 Å². The quantitative estimate of drug-likeness (QED) is 0.680. The predicted molar refractivity (Wildman–Crippen MR) is 119 cm³/mol. The number of pyridine rings is 1. The summed E-state index contributed by atoms with van der Waals surface area (Å²) in [5.74, 6) is 0.194. The zero-order chi connectivity index (χ0) is 21.7. The van der Waals surface area contributed by atoms with E-state index in [-0.39, 0.29) is 16.7 Å². The minimum Gasteiger partial charge on any atom is -0.388 e. The van der Waals surface area contributed by atoms with Crippen LogP contribution in [-0.2, 0) is 11.8 Å². The fraction of sp³-hybridized carbons (Fsp3) is 0.577. The van der Waals surface area contributed by atoms with Crippen LogP contribution in [0.1, 0.15) is 112 Å². The molecule has 2 N–H and O–H groups in total. The highest BCUT2D eigenvalue weighted by Gasteiger charge is 2.36. The second kappa shape index (κ2) is 7.52. The summed E-state index contributed by atoms with van der Waals surface area (Å²) in [6, 6.07) is 8.25. The highest BCUT2D eigenvalue weighted by atomic mass is 16.3. The maximum absolute atomic E-state index is 11.4. The molecule has 0 radical (unpaired) electrons. The highest BCUT2D eigenvalue weighted by Crippen LogP contribution is 2.44. The molecule has 29 heavy (non-hydrogen) atoms. The molecular weight excluding hydrogens is 358 g/mol. The number of rotatable bonds is 3. The number of fused-ring (bicyclic) bond motifs is 1. The molecule has 0 bridgehead atoms. The lowest BCUT2D eigenvalue weighted by Crippen LogP contribution is -2.29. The molecule has 0 unspecified atom stereocenters. The Bertz CT molecular complexity index is 888. The number of hydrogen-bond acceptors (Lipinski definition) is 3. The fourth-order valence-corrected chi connectivity index (χ4v) is 4.66. The van der Waals surface area contributed by atoms with Crippen LogP contribution in [0.4, 0.5) is 0 Å². The van der Waals surface area contributed by atoms with Crippen LogP contribution in [-0.4, -0.2) is 15.2 Å². The van der Waals surface area contributed by atoms with Gasteiger partial charge in [-0.15, -0.1) is 0 Å². The van der Waals surface area contributed by atoms with Gasteiger partial charge in [0.1, 0.15) is 6.10 Å². The van der Waals surface area contributed by atoms with E-state index in [1.54, 1.807) is 0 Å². The number of aliphatic hydroxyl groups is 2. The summed E-state index contributed by atoms with van der Waals surface area (Å²) >= 11 is 0. The van der Waals surface area contributed by atoms with Gasteiger partial charge < -0.3 is 10.2 Å². The molecule has 3 rings (SSSR count). The first-order chi connectivity index (χ1) is 13.3. The van der Waals surface area contributed by atoms with Crippen LogP contribution < -0.4 is 0 Å². The molecule has 0 fully saturated rings. The summed E-state index contributed by atoms with van der Waals surface area (Å²) in [6.07, 6.45) is 0.300. The van der Waals surface area contributed by atoms with Crippen LogP contribution in [0, 0.1) is 12.3 Å². The summed E-state index contributed by atoms with van der Waals surface area (Å²) < 4.78 is 0. The molecule has 3 nitrogen and oxygen atoms in total. The second-order valence-electron chi connectivity index (χ2n) is 10.9. The van der Waals surface area contributed by atoms with Crippen LogP contribution in [0.25, 0.3) is 0 Å². The van der Waals surface area contributed by atoms with E-state index < -0.39 is 12.2 Å². The Morgan fingerprint density at radius 2 is 1.69 bits per heavy atom. The SMILES string of the molecule is Cc1c([C@@H](O)c2ccc(C(C)(C)C)cc2)c(C(C)C)nc2c1[C@@H](O)CC(C)(C)C2. The smallest absolute Gasteiger partial charge is 0.106 e. The molecule has 0 saturated heterocycles. The molecule has 1 aliphatic rings. The van der Waals surface area contributed by atoms with E-state index >= 15 is 0 Å². The van der Waals surface area contributed by atoms with Crippen molar-refractivity contribution in [3.8, 4) is 0 Å². The number of benzene rings is 1. The molecule has 0 amide bonds. The summed E-state index contributed by atoms with van der Waals surface area (Å²) in [5.41, 5.74) is 6.94. The van der Waals surface area contributed by atoms with Gasteiger partial charge in [0.25, 0.3) is 0 Å². The molecule has 0 saturated carbocycles. The summed E-state index contributed by atoms with van der Waals surface area (Å²) in [6.45, 7) is 17.2. The summed E-state index contributed by atoms with van der Waals surface area (Å²) in [7, 11) is 0. The van der Waals surface area contributed by atoms with Gasteiger partial charge in [0.2, 0.25) is 0 Å². The maximum atomic E-state index is 11.4. The van der Waals surface area contributed by atoms with E-state index in [9.17, 15) is 10.2 Å². The van der Waals surface area contributed by atoms with Crippen molar-refractivity contribution in [3.05, 3.63) is 63.5 Å². The first-order valence-electron chi connectivity index (χ1n) is 10.8. The van der Waals surface area contributed by atoms with Crippen LogP contribution in [0.15, 0.2) is 24.3 Å². The van der Waals surface area contributed by atoms with Crippen molar-refractivity contribution in [2.45, 2.75) is 91.8 Å². The topological polar surface area (TPSA) is 53.4 Å². The van der Waals surface area contributed by atoms with Gasteiger partial charge in [-0.3, -0.25) is 4.98 Å². The number of aromatic nitrogens is 1. The summed E-state index contributed by atoms with van der Waals surface area (Å²) in [4.78, 5) is 5.00. The molecule has 1 aromatic heterocycles. The van der Waals surface area contributed by atoms with E-state index in [4.69, 9.17) is 4.98 Å². The number of aliphatic hydroxyl groups excluding tert-OH is 2. The third-order valence-corrected chi connectivity index (χ3v) is 6.29. The third kappa shape index (κ3) is 4.27. The zero-order valence-corrected chi connectivity index (χ0v) is 19.3. The average molecular weight is 396 g/mol. The highest BCUT2D eigenvalue weighted by molar-refractivity contribution is 5.48. The molecule has 3 heteroatoms. The van der Waals surface area contributed by atoms with Gasteiger partial charge in [0.05, 0.1) is 6.10 Å². The third-order valence-electron chi connectivity index (χ3n) is 6.29.